The number of ether oxygens (including phenoxy) is 1. The zero-order valence-electron chi connectivity index (χ0n) is 10.8. The van der Waals surface area contributed by atoms with Gasteiger partial charge in [0.15, 0.2) is 23.3 Å². The largest absolute Gasteiger partial charge is 0.497 e. The monoisotopic (exact) mass is 303 g/mol. The lowest BCUT2D eigenvalue weighted by atomic mass is 10.2. The van der Waals surface area contributed by atoms with Crippen LogP contribution in [-0.4, -0.2) is 7.11 Å². The van der Waals surface area contributed by atoms with E-state index in [2.05, 4.69) is 5.32 Å². The summed E-state index contributed by atoms with van der Waals surface area (Å²) in [6.45, 7) is -0.129. The van der Waals surface area contributed by atoms with E-state index in [0.717, 1.165) is 0 Å². The Morgan fingerprint density at radius 2 is 1.48 bits per heavy atom. The second-order valence-electron chi connectivity index (χ2n) is 4.15. The van der Waals surface area contributed by atoms with E-state index < -0.39 is 34.8 Å². The third-order valence-electron chi connectivity index (χ3n) is 2.81. The zero-order valence-corrected chi connectivity index (χ0v) is 10.8. The number of hydrogen-bond acceptors (Lipinski definition) is 2. The van der Waals surface area contributed by atoms with Crippen molar-refractivity contribution < 1.29 is 26.7 Å². The molecular weight excluding hydrogens is 293 g/mol. The Balaban J connectivity index is 2.28. The van der Waals surface area contributed by atoms with Gasteiger partial charge in [0.25, 0.3) is 0 Å². The average Bonchev–Trinajstić information content (AvgIpc) is 2.51. The maximum atomic E-state index is 13.4. The van der Waals surface area contributed by atoms with Crippen LogP contribution < -0.4 is 10.1 Å². The molecule has 0 heterocycles. The summed E-state index contributed by atoms with van der Waals surface area (Å²) in [6, 6.07) is 6.47. The molecule has 0 aromatic heterocycles. The lowest BCUT2D eigenvalue weighted by Crippen LogP contribution is -2.09. The molecule has 2 aromatic carbocycles. The van der Waals surface area contributed by atoms with E-state index in [1.165, 1.54) is 7.11 Å². The molecular formula is C14H10F5NO. The second-order valence-corrected chi connectivity index (χ2v) is 4.15. The Morgan fingerprint density at radius 3 is 2.05 bits per heavy atom. The highest BCUT2D eigenvalue weighted by molar-refractivity contribution is 5.48. The predicted molar refractivity (Wildman–Crippen MR) is 66.6 cm³/mol. The highest BCUT2D eigenvalue weighted by atomic mass is 19.2. The van der Waals surface area contributed by atoms with Gasteiger partial charge in [-0.05, 0) is 17.7 Å². The molecule has 0 aliphatic rings. The van der Waals surface area contributed by atoms with Crippen molar-refractivity contribution in [2.24, 2.45) is 0 Å². The van der Waals surface area contributed by atoms with Crippen LogP contribution in [0.2, 0.25) is 0 Å². The summed E-state index contributed by atoms with van der Waals surface area (Å²) in [5.74, 6) is -9.43. The van der Waals surface area contributed by atoms with E-state index in [9.17, 15) is 22.0 Å². The van der Waals surface area contributed by atoms with Gasteiger partial charge in [0.05, 0.1) is 7.11 Å². The fourth-order valence-electron chi connectivity index (χ4n) is 1.73. The molecule has 0 amide bonds. The molecule has 0 spiro atoms. The molecule has 7 heteroatoms. The summed E-state index contributed by atoms with van der Waals surface area (Å²) in [4.78, 5) is 0. The van der Waals surface area contributed by atoms with Crippen molar-refractivity contribution in [3.05, 3.63) is 58.9 Å². The van der Waals surface area contributed by atoms with Gasteiger partial charge in [-0.25, -0.2) is 22.0 Å². The van der Waals surface area contributed by atoms with Crippen molar-refractivity contribution >= 4 is 5.69 Å². The van der Waals surface area contributed by atoms with Crippen LogP contribution in [0.4, 0.5) is 27.6 Å². The molecule has 0 aliphatic heterocycles. The van der Waals surface area contributed by atoms with Gasteiger partial charge in [-0.3, -0.25) is 0 Å². The quantitative estimate of drug-likeness (QED) is 0.523. The number of benzene rings is 2. The van der Waals surface area contributed by atoms with Crippen LogP contribution in [0.3, 0.4) is 0 Å². The lowest BCUT2D eigenvalue weighted by molar-refractivity contribution is 0.381. The van der Waals surface area contributed by atoms with Crippen LogP contribution in [0.1, 0.15) is 5.56 Å². The van der Waals surface area contributed by atoms with Crippen LogP contribution in [-0.2, 0) is 6.54 Å². The summed E-state index contributed by atoms with van der Waals surface area (Å²) in [6.07, 6.45) is 0. The van der Waals surface area contributed by atoms with Crippen LogP contribution in [0, 0.1) is 29.1 Å². The van der Waals surface area contributed by atoms with Crippen LogP contribution in [0.5, 0.6) is 5.75 Å². The number of nitrogens with one attached hydrogen (secondary N) is 1. The third-order valence-corrected chi connectivity index (χ3v) is 2.81. The van der Waals surface area contributed by atoms with E-state index in [1.807, 2.05) is 0 Å². The van der Waals surface area contributed by atoms with Crippen molar-refractivity contribution in [3.8, 4) is 5.75 Å². The van der Waals surface area contributed by atoms with Crippen molar-refractivity contribution in [1.29, 1.82) is 0 Å². The minimum absolute atomic E-state index is 0.129. The Labute approximate surface area is 117 Å². The molecule has 2 aromatic rings. The van der Waals surface area contributed by atoms with Gasteiger partial charge in [0.2, 0.25) is 5.82 Å². The van der Waals surface area contributed by atoms with Crippen molar-refractivity contribution in [3.63, 3.8) is 0 Å². The fraction of sp³-hybridized carbons (Fsp3) is 0.143. The summed E-state index contributed by atoms with van der Waals surface area (Å²) >= 11 is 0. The molecule has 0 saturated carbocycles. The molecule has 21 heavy (non-hydrogen) atoms. The van der Waals surface area contributed by atoms with Gasteiger partial charge >= 0.3 is 0 Å². The second kappa shape index (κ2) is 5.99. The number of halogens is 5. The highest BCUT2D eigenvalue weighted by Gasteiger charge is 2.25. The minimum atomic E-state index is -2.18. The van der Waals surface area contributed by atoms with Crippen molar-refractivity contribution in [2.45, 2.75) is 6.54 Å². The van der Waals surface area contributed by atoms with Gasteiger partial charge in [-0.15, -0.1) is 0 Å². The maximum Gasteiger partial charge on any atom is 0.200 e. The highest BCUT2D eigenvalue weighted by Crippen LogP contribution is 2.27. The van der Waals surface area contributed by atoms with Crippen LogP contribution in [0.15, 0.2) is 24.3 Å². The van der Waals surface area contributed by atoms with E-state index in [-0.39, 0.29) is 6.54 Å². The molecule has 0 bridgehead atoms. The van der Waals surface area contributed by atoms with E-state index in [1.54, 1.807) is 24.3 Å². The molecule has 112 valence electrons. The normalized spacial score (nSPS) is 10.6. The van der Waals surface area contributed by atoms with Gasteiger partial charge in [-0.1, -0.05) is 12.1 Å². The molecule has 2 nitrogen and oxygen atoms in total. The average molecular weight is 303 g/mol. The zero-order chi connectivity index (χ0) is 15.6. The SMILES string of the molecule is COc1cccc(CNc2c(F)c(F)c(F)c(F)c2F)c1. The van der Waals surface area contributed by atoms with Gasteiger partial charge in [0, 0.05) is 6.54 Å². The topological polar surface area (TPSA) is 21.3 Å². The van der Waals surface area contributed by atoms with Crippen molar-refractivity contribution in [1.82, 2.24) is 0 Å². The van der Waals surface area contributed by atoms with Crippen molar-refractivity contribution in [2.75, 3.05) is 12.4 Å². The first-order valence-electron chi connectivity index (χ1n) is 5.84. The van der Waals surface area contributed by atoms with Gasteiger partial charge < -0.3 is 10.1 Å². The Morgan fingerprint density at radius 1 is 0.905 bits per heavy atom. The Bertz CT molecular complexity index is 646. The smallest absolute Gasteiger partial charge is 0.200 e. The molecule has 1 N–H and O–H groups in total. The summed E-state index contributed by atoms with van der Waals surface area (Å²) in [5.41, 5.74) is -0.507. The van der Waals surface area contributed by atoms with Gasteiger partial charge in [-0.2, -0.15) is 0 Å². The molecule has 0 unspecified atom stereocenters. The van der Waals surface area contributed by atoms with Crippen LogP contribution >= 0.6 is 0 Å². The lowest BCUT2D eigenvalue weighted by Gasteiger charge is -2.11. The Hall–Kier alpha value is -2.31. The first-order chi connectivity index (χ1) is 9.95. The number of anilines is 1. The summed E-state index contributed by atoms with van der Waals surface area (Å²) in [7, 11) is 1.44. The third kappa shape index (κ3) is 2.91. The number of methoxy groups -OCH3 is 1. The van der Waals surface area contributed by atoms with E-state index in [4.69, 9.17) is 4.74 Å². The first-order valence-corrected chi connectivity index (χ1v) is 5.84. The number of rotatable bonds is 4. The number of hydrogen-bond donors (Lipinski definition) is 1. The molecule has 2 rings (SSSR count). The maximum absolute atomic E-state index is 13.4. The standard InChI is InChI=1S/C14H10F5NO/c1-21-8-4-2-3-7(5-8)6-20-14-12(18)10(16)9(15)11(17)13(14)19/h2-5,20H,6H2,1H3. The first kappa shape index (κ1) is 15.1. The van der Waals surface area contributed by atoms with E-state index in [0.29, 0.717) is 11.3 Å². The Kier molecular flexibility index (Phi) is 4.30. The molecule has 0 radical (unpaired) electrons. The molecule has 0 saturated heterocycles. The predicted octanol–water partition coefficient (Wildman–Crippen LogP) is 4.00. The molecule has 0 fully saturated rings. The van der Waals surface area contributed by atoms with E-state index >= 15 is 0 Å². The molecule has 0 atom stereocenters. The molecule has 0 aliphatic carbocycles. The fourth-order valence-corrected chi connectivity index (χ4v) is 1.73. The van der Waals surface area contributed by atoms with Crippen LogP contribution in [0.25, 0.3) is 0 Å². The summed E-state index contributed by atoms with van der Waals surface area (Å²) < 4.78 is 70.8. The minimum Gasteiger partial charge on any atom is -0.497 e. The summed E-state index contributed by atoms with van der Waals surface area (Å²) in [5, 5.41) is 2.21. The van der Waals surface area contributed by atoms with Gasteiger partial charge in [0.1, 0.15) is 11.4 Å².